The van der Waals surface area contributed by atoms with Gasteiger partial charge in [-0.2, -0.15) is 0 Å². The second kappa shape index (κ2) is 5.39. The first kappa shape index (κ1) is 13.9. The standard InChI is InChI=1S/C16H19NO4/c18-14(19)16-7-6-12(9-16)8-13(16)17-15(20)21-10-11-4-2-1-3-5-11/h1-5,12-13H,6-10H2,(H,17,20)(H,18,19). The minimum Gasteiger partial charge on any atom is -0.481 e. The highest BCUT2D eigenvalue weighted by Crippen LogP contribution is 2.54. The van der Waals surface area contributed by atoms with Gasteiger partial charge in [0, 0.05) is 6.04 Å². The zero-order valence-electron chi connectivity index (χ0n) is 11.7. The van der Waals surface area contributed by atoms with Crippen LogP contribution < -0.4 is 5.32 Å². The first-order chi connectivity index (χ1) is 10.1. The van der Waals surface area contributed by atoms with E-state index in [1.165, 1.54) is 0 Å². The number of hydrogen-bond donors (Lipinski definition) is 2. The molecule has 2 aliphatic rings. The fourth-order valence-electron chi connectivity index (χ4n) is 3.70. The Morgan fingerprint density at radius 2 is 2.10 bits per heavy atom. The summed E-state index contributed by atoms with van der Waals surface area (Å²) in [5.74, 6) is -0.378. The molecule has 2 fully saturated rings. The predicted molar refractivity (Wildman–Crippen MR) is 75.6 cm³/mol. The Morgan fingerprint density at radius 3 is 2.76 bits per heavy atom. The molecule has 2 aliphatic carbocycles. The summed E-state index contributed by atoms with van der Waals surface area (Å²) in [4.78, 5) is 23.4. The number of aliphatic carboxylic acids is 1. The molecule has 5 nitrogen and oxygen atoms in total. The van der Waals surface area contributed by atoms with Crippen molar-refractivity contribution in [1.82, 2.24) is 5.32 Å². The number of benzene rings is 1. The minimum atomic E-state index is -0.796. The molecule has 1 aromatic rings. The van der Waals surface area contributed by atoms with Crippen molar-refractivity contribution in [1.29, 1.82) is 0 Å². The molecule has 0 aromatic heterocycles. The third kappa shape index (κ3) is 2.60. The van der Waals surface area contributed by atoms with Crippen molar-refractivity contribution in [3.63, 3.8) is 0 Å². The molecule has 0 spiro atoms. The lowest BCUT2D eigenvalue weighted by Crippen LogP contribution is -2.49. The van der Waals surface area contributed by atoms with Gasteiger partial charge >= 0.3 is 12.1 Å². The van der Waals surface area contributed by atoms with Gasteiger partial charge in [0.05, 0.1) is 5.41 Å². The van der Waals surface area contributed by atoms with E-state index in [9.17, 15) is 14.7 Å². The van der Waals surface area contributed by atoms with Gasteiger partial charge in [-0.1, -0.05) is 30.3 Å². The van der Waals surface area contributed by atoms with Gasteiger partial charge in [0.25, 0.3) is 0 Å². The van der Waals surface area contributed by atoms with Crippen LogP contribution in [0.2, 0.25) is 0 Å². The van der Waals surface area contributed by atoms with Crippen LogP contribution in [-0.2, 0) is 16.1 Å². The molecule has 3 unspecified atom stereocenters. The van der Waals surface area contributed by atoms with Gasteiger partial charge in [0.1, 0.15) is 6.61 Å². The Labute approximate surface area is 123 Å². The van der Waals surface area contributed by atoms with Crippen LogP contribution in [0, 0.1) is 11.3 Å². The molecule has 0 heterocycles. The van der Waals surface area contributed by atoms with Crippen molar-refractivity contribution in [3.05, 3.63) is 35.9 Å². The maximum Gasteiger partial charge on any atom is 0.407 e. The number of carbonyl (C=O) groups excluding carboxylic acids is 1. The van der Waals surface area contributed by atoms with Gasteiger partial charge in [-0.05, 0) is 37.2 Å². The monoisotopic (exact) mass is 289 g/mol. The third-order valence-electron chi connectivity index (χ3n) is 4.82. The molecular formula is C16H19NO4. The van der Waals surface area contributed by atoms with Crippen LogP contribution in [-0.4, -0.2) is 23.2 Å². The van der Waals surface area contributed by atoms with E-state index in [4.69, 9.17) is 4.74 Å². The number of carboxylic acids is 1. The van der Waals surface area contributed by atoms with Crippen LogP contribution in [0.25, 0.3) is 0 Å². The molecule has 0 saturated heterocycles. The van der Waals surface area contributed by atoms with Gasteiger partial charge in [-0.25, -0.2) is 4.79 Å². The topological polar surface area (TPSA) is 75.6 Å². The quantitative estimate of drug-likeness (QED) is 0.893. The fourth-order valence-corrected chi connectivity index (χ4v) is 3.70. The first-order valence-electron chi connectivity index (χ1n) is 7.31. The number of ether oxygens (including phenoxy) is 1. The second-order valence-corrected chi connectivity index (χ2v) is 6.06. The molecule has 112 valence electrons. The SMILES string of the molecule is O=C(NC1CC2CCC1(C(=O)O)C2)OCc1ccccc1. The average Bonchev–Trinajstić information content (AvgIpc) is 3.05. The molecule has 1 aromatic carbocycles. The van der Waals surface area contributed by atoms with Crippen molar-refractivity contribution in [2.24, 2.45) is 11.3 Å². The highest BCUT2D eigenvalue weighted by molar-refractivity contribution is 5.78. The van der Waals surface area contributed by atoms with E-state index in [0.717, 1.165) is 18.4 Å². The molecule has 0 aliphatic heterocycles. The average molecular weight is 289 g/mol. The summed E-state index contributed by atoms with van der Waals surface area (Å²) >= 11 is 0. The minimum absolute atomic E-state index is 0.197. The predicted octanol–water partition coefficient (Wildman–Crippen LogP) is 2.56. The molecular weight excluding hydrogens is 270 g/mol. The number of fused-ring (bicyclic) bond motifs is 2. The van der Waals surface area contributed by atoms with Crippen LogP contribution >= 0.6 is 0 Å². The van der Waals surface area contributed by atoms with Gasteiger partial charge in [-0.3, -0.25) is 4.79 Å². The number of carbonyl (C=O) groups is 2. The van der Waals surface area contributed by atoms with Crippen molar-refractivity contribution in [2.45, 2.75) is 38.3 Å². The Balaban J connectivity index is 1.57. The van der Waals surface area contributed by atoms with Gasteiger partial charge in [0.15, 0.2) is 0 Å². The normalized spacial score (nSPS) is 30.1. The molecule has 21 heavy (non-hydrogen) atoms. The molecule has 5 heteroatoms. The zero-order valence-corrected chi connectivity index (χ0v) is 11.7. The Hall–Kier alpha value is -2.04. The lowest BCUT2D eigenvalue weighted by atomic mass is 9.80. The molecule has 0 radical (unpaired) electrons. The smallest absolute Gasteiger partial charge is 0.407 e. The van der Waals surface area contributed by atoms with E-state index < -0.39 is 17.5 Å². The van der Waals surface area contributed by atoms with Crippen molar-refractivity contribution in [2.75, 3.05) is 0 Å². The number of amides is 1. The summed E-state index contributed by atoms with van der Waals surface area (Å²) in [5.41, 5.74) is 0.129. The molecule has 2 N–H and O–H groups in total. The Morgan fingerprint density at radius 1 is 1.33 bits per heavy atom. The third-order valence-corrected chi connectivity index (χ3v) is 4.82. The summed E-state index contributed by atoms with van der Waals surface area (Å²) in [6, 6.07) is 9.11. The van der Waals surface area contributed by atoms with E-state index >= 15 is 0 Å². The second-order valence-electron chi connectivity index (χ2n) is 6.06. The van der Waals surface area contributed by atoms with E-state index in [0.29, 0.717) is 18.8 Å². The highest BCUT2D eigenvalue weighted by Gasteiger charge is 2.57. The van der Waals surface area contributed by atoms with Crippen molar-refractivity contribution < 1.29 is 19.4 Å². The largest absolute Gasteiger partial charge is 0.481 e. The Bertz CT molecular complexity index is 544. The summed E-state index contributed by atoms with van der Waals surface area (Å²) < 4.78 is 5.18. The lowest BCUT2D eigenvalue weighted by Gasteiger charge is -2.31. The lowest BCUT2D eigenvalue weighted by molar-refractivity contribution is -0.149. The van der Waals surface area contributed by atoms with E-state index in [1.807, 2.05) is 30.3 Å². The molecule has 3 atom stereocenters. The van der Waals surface area contributed by atoms with Crippen molar-refractivity contribution in [3.8, 4) is 0 Å². The maximum absolute atomic E-state index is 11.9. The summed E-state index contributed by atoms with van der Waals surface area (Å²) in [6.07, 6.45) is 2.48. The van der Waals surface area contributed by atoms with E-state index in [2.05, 4.69) is 5.32 Å². The number of nitrogens with one attached hydrogen (secondary N) is 1. The first-order valence-corrected chi connectivity index (χ1v) is 7.31. The van der Waals surface area contributed by atoms with Gasteiger partial charge in [0.2, 0.25) is 0 Å². The van der Waals surface area contributed by atoms with Gasteiger partial charge < -0.3 is 15.2 Å². The fraction of sp³-hybridized carbons (Fsp3) is 0.500. The number of alkyl carbamates (subject to hydrolysis) is 1. The van der Waals surface area contributed by atoms with Crippen LogP contribution in [0.4, 0.5) is 4.79 Å². The van der Waals surface area contributed by atoms with Crippen LogP contribution in [0.1, 0.15) is 31.2 Å². The molecule has 2 saturated carbocycles. The van der Waals surface area contributed by atoms with E-state index in [1.54, 1.807) is 0 Å². The number of hydrogen-bond acceptors (Lipinski definition) is 3. The zero-order chi connectivity index (χ0) is 14.9. The van der Waals surface area contributed by atoms with Crippen LogP contribution in [0.5, 0.6) is 0 Å². The number of rotatable bonds is 4. The van der Waals surface area contributed by atoms with Gasteiger partial charge in [-0.15, -0.1) is 0 Å². The summed E-state index contributed by atoms with van der Waals surface area (Å²) in [5, 5.41) is 12.3. The van der Waals surface area contributed by atoms with Crippen LogP contribution in [0.15, 0.2) is 30.3 Å². The molecule has 2 bridgehead atoms. The summed E-state index contributed by atoms with van der Waals surface area (Å²) in [6.45, 7) is 0.197. The summed E-state index contributed by atoms with van der Waals surface area (Å²) in [7, 11) is 0. The number of carboxylic acid groups (broad SMARTS) is 1. The molecule has 3 rings (SSSR count). The highest BCUT2D eigenvalue weighted by atomic mass is 16.5. The maximum atomic E-state index is 11.9. The van der Waals surface area contributed by atoms with Crippen LogP contribution in [0.3, 0.4) is 0 Å². The van der Waals surface area contributed by atoms with E-state index in [-0.39, 0.29) is 12.6 Å². The molecule has 1 amide bonds. The Kier molecular flexibility index (Phi) is 3.57. The van der Waals surface area contributed by atoms with Crippen molar-refractivity contribution >= 4 is 12.1 Å².